The number of ether oxygens (including phenoxy) is 4. The second-order valence-electron chi connectivity index (χ2n) is 14.2. The third-order valence-electron chi connectivity index (χ3n) is 7.25. The number of methoxy groups -OCH3 is 1. The van der Waals surface area contributed by atoms with Crippen molar-refractivity contribution in [1.82, 2.24) is 10.6 Å². The maximum absolute atomic E-state index is 13.1. The summed E-state index contributed by atoms with van der Waals surface area (Å²) in [4.78, 5) is 50.1. The van der Waals surface area contributed by atoms with Crippen LogP contribution in [0.15, 0.2) is 0 Å². The number of carbonyl (C=O) groups is 4. The van der Waals surface area contributed by atoms with Crippen LogP contribution in [-0.4, -0.2) is 79.1 Å². The summed E-state index contributed by atoms with van der Waals surface area (Å²) < 4.78 is 21.2. The second kappa shape index (κ2) is 26.9. The first-order valence-electron chi connectivity index (χ1n) is 17.9. The molecule has 0 unspecified atom stereocenters. The van der Waals surface area contributed by atoms with E-state index in [4.69, 9.17) is 18.9 Å². The van der Waals surface area contributed by atoms with E-state index in [-0.39, 0.29) is 24.9 Å². The quantitative estimate of drug-likeness (QED) is 0.0503. The van der Waals surface area contributed by atoms with Gasteiger partial charge in [0, 0.05) is 17.9 Å². The molecule has 10 nitrogen and oxygen atoms in total. The Morgan fingerprint density at radius 3 is 1.66 bits per heavy atom. The van der Waals surface area contributed by atoms with Crippen LogP contribution in [0.25, 0.3) is 0 Å². The molecule has 0 aromatic carbocycles. The van der Waals surface area contributed by atoms with Crippen molar-refractivity contribution in [3.05, 3.63) is 0 Å². The summed E-state index contributed by atoms with van der Waals surface area (Å²) in [6.45, 7) is 13.0. The fraction of sp³-hybridized carbons (Fsp3) is 0.889. The Morgan fingerprint density at radius 2 is 1.19 bits per heavy atom. The predicted octanol–water partition coefficient (Wildman–Crippen LogP) is 7.89. The lowest BCUT2D eigenvalue weighted by Gasteiger charge is -2.26. The van der Waals surface area contributed by atoms with Gasteiger partial charge in [-0.1, -0.05) is 96.8 Å². The molecule has 47 heavy (non-hydrogen) atoms. The lowest BCUT2D eigenvalue weighted by molar-refractivity contribution is -0.148. The third kappa shape index (κ3) is 28.7. The van der Waals surface area contributed by atoms with E-state index >= 15 is 0 Å². The highest BCUT2D eigenvalue weighted by molar-refractivity contribution is 7.99. The van der Waals surface area contributed by atoms with E-state index < -0.39 is 41.3 Å². The average molecular weight is 689 g/mol. The molecule has 0 fully saturated rings. The molecule has 0 saturated carbocycles. The SMILES string of the molecule is CCCCCCCCCCCCCCCCCC(=O)OCCSC[C@H](NC(=O)OC(C)(C)C)C(=O)N[C@@H](COC(C)(C)C)C(=O)OC. The fourth-order valence-corrected chi connectivity index (χ4v) is 5.52. The Kier molecular flexibility index (Phi) is 25.7. The van der Waals surface area contributed by atoms with E-state index in [0.29, 0.717) is 12.2 Å². The van der Waals surface area contributed by atoms with Crippen molar-refractivity contribution in [3.63, 3.8) is 0 Å². The monoisotopic (exact) mass is 688 g/mol. The maximum atomic E-state index is 13.1. The van der Waals surface area contributed by atoms with Gasteiger partial charge < -0.3 is 29.6 Å². The van der Waals surface area contributed by atoms with Crippen molar-refractivity contribution in [2.75, 3.05) is 31.8 Å². The van der Waals surface area contributed by atoms with Crippen molar-refractivity contribution in [2.45, 2.75) is 174 Å². The summed E-state index contributed by atoms with van der Waals surface area (Å²) in [6.07, 6.45) is 18.8. The Morgan fingerprint density at radius 1 is 0.681 bits per heavy atom. The zero-order valence-corrected chi connectivity index (χ0v) is 31.8. The van der Waals surface area contributed by atoms with Crippen LogP contribution >= 0.6 is 11.8 Å². The largest absolute Gasteiger partial charge is 0.467 e. The van der Waals surface area contributed by atoms with E-state index in [1.165, 1.54) is 95.9 Å². The number of amides is 2. The standard InChI is InChI=1S/C36H68N2O8S/c1-9-10-11-12-13-14-15-16-17-18-19-20-21-22-23-24-31(39)44-25-26-47-28-30(38-34(42)46-36(5,6)7)32(40)37-29(33(41)43-8)27-45-35(2,3)4/h29-30H,9-28H2,1-8H3,(H,37,40)(H,38,42)/t29-,30-/m0/s1. The number of nitrogens with one attached hydrogen (secondary N) is 2. The van der Waals surface area contributed by atoms with Crippen molar-refractivity contribution in [2.24, 2.45) is 0 Å². The van der Waals surface area contributed by atoms with Gasteiger partial charge in [0.1, 0.15) is 18.2 Å². The third-order valence-corrected chi connectivity index (χ3v) is 8.28. The molecular formula is C36H68N2O8S. The van der Waals surface area contributed by atoms with E-state index in [1.807, 2.05) is 20.8 Å². The van der Waals surface area contributed by atoms with Gasteiger partial charge in [0.2, 0.25) is 5.91 Å². The van der Waals surface area contributed by atoms with Crippen molar-refractivity contribution >= 4 is 35.7 Å². The number of hydrogen-bond donors (Lipinski definition) is 2. The first kappa shape index (κ1) is 45.0. The molecule has 276 valence electrons. The zero-order valence-electron chi connectivity index (χ0n) is 31.0. The zero-order chi connectivity index (χ0) is 35.6. The maximum Gasteiger partial charge on any atom is 0.408 e. The molecule has 0 radical (unpaired) electrons. The van der Waals surface area contributed by atoms with Crippen molar-refractivity contribution in [3.8, 4) is 0 Å². The molecule has 11 heteroatoms. The van der Waals surface area contributed by atoms with Crippen LogP contribution in [0, 0.1) is 0 Å². The van der Waals surface area contributed by atoms with Gasteiger partial charge in [0.05, 0.1) is 19.3 Å². The van der Waals surface area contributed by atoms with Gasteiger partial charge in [0.15, 0.2) is 6.04 Å². The molecule has 2 amide bonds. The highest BCUT2D eigenvalue weighted by atomic mass is 32.2. The number of carbonyl (C=O) groups excluding carboxylic acids is 4. The number of esters is 2. The number of alkyl carbamates (subject to hydrolysis) is 1. The minimum Gasteiger partial charge on any atom is -0.467 e. The topological polar surface area (TPSA) is 129 Å². The Balaban J connectivity index is 4.36. The molecule has 2 N–H and O–H groups in total. The summed E-state index contributed by atoms with van der Waals surface area (Å²) in [5, 5.41) is 5.21. The van der Waals surface area contributed by atoms with Crippen LogP contribution in [-0.2, 0) is 33.3 Å². The minimum atomic E-state index is -1.06. The molecule has 0 aliphatic carbocycles. The summed E-state index contributed by atoms with van der Waals surface area (Å²) in [5.74, 6) is -0.844. The van der Waals surface area contributed by atoms with Crippen LogP contribution < -0.4 is 10.6 Å². The summed E-state index contributed by atoms with van der Waals surface area (Å²) in [5.41, 5.74) is -1.29. The normalized spacial score (nSPS) is 13.0. The molecule has 0 aromatic heterocycles. The lowest BCUT2D eigenvalue weighted by atomic mass is 10.0. The van der Waals surface area contributed by atoms with Crippen LogP contribution in [0.3, 0.4) is 0 Å². The van der Waals surface area contributed by atoms with Gasteiger partial charge in [-0.2, -0.15) is 11.8 Å². The van der Waals surface area contributed by atoms with Gasteiger partial charge in [-0.3, -0.25) is 9.59 Å². The van der Waals surface area contributed by atoms with E-state index in [0.717, 1.165) is 19.3 Å². The molecule has 0 bridgehead atoms. The first-order valence-corrected chi connectivity index (χ1v) is 19.1. The molecule has 0 saturated heterocycles. The van der Waals surface area contributed by atoms with Gasteiger partial charge in [-0.05, 0) is 48.0 Å². The highest BCUT2D eigenvalue weighted by Gasteiger charge is 2.30. The van der Waals surface area contributed by atoms with E-state index in [9.17, 15) is 19.2 Å². The first-order chi connectivity index (χ1) is 22.2. The van der Waals surface area contributed by atoms with Gasteiger partial charge in [-0.15, -0.1) is 0 Å². The summed E-state index contributed by atoms with van der Waals surface area (Å²) in [6, 6.07) is -2.06. The molecule has 0 aliphatic rings. The van der Waals surface area contributed by atoms with E-state index in [1.54, 1.807) is 20.8 Å². The minimum absolute atomic E-state index is 0.0937. The van der Waals surface area contributed by atoms with Gasteiger partial charge in [0.25, 0.3) is 0 Å². The van der Waals surface area contributed by atoms with Crippen LogP contribution in [0.5, 0.6) is 0 Å². The summed E-state index contributed by atoms with van der Waals surface area (Å²) >= 11 is 1.34. The van der Waals surface area contributed by atoms with Crippen molar-refractivity contribution in [1.29, 1.82) is 0 Å². The lowest BCUT2D eigenvalue weighted by Crippen LogP contribution is -2.55. The molecule has 2 atom stereocenters. The van der Waals surface area contributed by atoms with Crippen LogP contribution in [0.4, 0.5) is 4.79 Å². The van der Waals surface area contributed by atoms with Crippen molar-refractivity contribution < 1.29 is 38.1 Å². The summed E-state index contributed by atoms with van der Waals surface area (Å²) in [7, 11) is 1.23. The van der Waals surface area contributed by atoms with Gasteiger partial charge in [-0.25, -0.2) is 9.59 Å². The molecule has 0 aromatic rings. The molecule has 0 aliphatic heterocycles. The Labute approximate surface area is 290 Å². The molecule has 0 spiro atoms. The highest BCUT2D eigenvalue weighted by Crippen LogP contribution is 2.15. The van der Waals surface area contributed by atoms with Gasteiger partial charge >= 0.3 is 18.0 Å². The molecular weight excluding hydrogens is 620 g/mol. The predicted molar refractivity (Wildman–Crippen MR) is 191 cm³/mol. The fourth-order valence-electron chi connectivity index (χ4n) is 4.68. The molecule has 0 rings (SSSR count). The second-order valence-corrected chi connectivity index (χ2v) is 15.4. The number of thioether (sulfide) groups is 1. The Bertz CT molecular complexity index is 857. The van der Waals surface area contributed by atoms with E-state index in [2.05, 4.69) is 17.6 Å². The number of hydrogen-bond acceptors (Lipinski definition) is 9. The number of unbranched alkanes of at least 4 members (excludes halogenated alkanes) is 14. The smallest absolute Gasteiger partial charge is 0.408 e. The average Bonchev–Trinajstić information content (AvgIpc) is 2.98. The van der Waals surface area contributed by atoms with Crippen LogP contribution in [0.1, 0.15) is 151 Å². The molecule has 0 heterocycles. The number of rotatable bonds is 27. The van der Waals surface area contributed by atoms with Crippen LogP contribution in [0.2, 0.25) is 0 Å². The Hall–Kier alpha value is -2.01.